The molecule has 1 atom stereocenters. The third-order valence-electron chi connectivity index (χ3n) is 0.267. The molecule has 0 fully saturated rings. The Labute approximate surface area is 49.8 Å². The summed E-state index contributed by atoms with van der Waals surface area (Å²) in [5, 5.41) is 0.512. The van der Waals surface area contributed by atoms with Gasteiger partial charge >= 0.3 is 0 Å². The minimum atomic E-state index is -1.30. The molecule has 0 spiro atoms. The van der Waals surface area contributed by atoms with E-state index in [2.05, 4.69) is 15.9 Å². The van der Waals surface area contributed by atoms with Gasteiger partial charge in [0, 0.05) is 11.8 Å². The molecule has 0 aromatic rings. The standard InChI is InChI=1S/C3H4BrClF/c4-2-1-3(5)6/h1,3H,2H2. The molecule has 0 aliphatic carbocycles. The van der Waals surface area contributed by atoms with Gasteiger partial charge in [0.05, 0.1) is 0 Å². The number of hydrogen-bond donors (Lipinski definition) is 0. The molecule has 0 amide bonds. The van der Waals surface area contributed by atoms with Gasteiger partial charge in [-0.2, -0.15) is 0 Å². The lowest BCUT2D eigenvalue weighted by Gasteiger charge is -1.87. The van der Waals surface area contributed by atoms with Crippen LogP contribution in [0.15, 0.2) is 0 Å². The summed E-state index contributed by atoms with van der Waals surface area (Å²) in [6.45, 7) is 0. The van der Waals surface area contributed by atoms with Crippen molar-refractivity contribution in [1.82, 2.24) is 0 Å². The summed E-state index contributed by atoms with van der Waals surface area (Å²) in [6, 6.07) is 0. The Morgan fingerprint density at radius 3 is 2.50 bits per heavy atom. The topological polar surface area (TPSA) is 0 Å². The predicted molar refractivity (Wildman–Crippen MR) is 28.8 cm³/mol. The first kappa shape index (κ1) is 6.70. The first-order chi connectivity index (χ1) is 2.77. The zero-order valence-electron chi connectivity index (χ0n) is 3.00. The molecule has 0 aromatic carbocycles. The maximum absolute atomic E-state index is 11.4. The summed E-state index contributed by atoms with van der Waals surface area (Å²) in [5.74, 6) is 0. The molecule has 37 valence electrons. The van der Waals surface area contributed by atoms with Gasteiger partial charge in [0.1, 0.15) is 0 Å². The van der Waals surface area contributed by atoms with Crippen molar-refractivity contribution < 1.29 is 4.39 Å². The first-order valence-electron chi connectivity index (χ1n) is 1.45. The minimum absolute atomic E-state index is 0.512. The Balaban J connectivity index is 2.63. The number of rotatable bonds is 2. The third-order valence-corrected chi connectivity index (χ3v) is 0.819. The summed E-state index contributed by atoms with van der Waals surface area (Å²) in [4.78, 5) is 0. The number of hydrogen-bond acceptors (Lipinski definition) is 0. The van der Waals surface area contributed by atoms with Crippen LogP contribution in [0.4, 0.5) is 4.39 Å². The van der Waals surface area contributed by atoms with Crippen LogP contribution in [0.5, 0.6) is 0 Å². The van der Waals surface area contributed by atoms with E-state index in [1.807, 2.05) is 0 Å². The van der Waals surface area contributed by atoms with Crippen LogP contribution in [0.1, 0.15) is 0 Å². The average Bonchev–Trinajstić information content (AvgIpc) is 1.35. The molecule has 1 unspecified atom stereocenters. The fraction of sp³-hybridized carbons (Fsp3) is 0.667. The van der Waals surface area contributed by atoms with Crippen molar-refractivity contribution in [2.45, 2.75) is 5.63 Å². The highest BCUT2D eigenvalue weighted by Crippen LogP contribution is 2.02. The molecule has 0 nitrogen and oxygen atoms in total. The molecule has 0 N–H and O–H groups in total. The number of halogens is 3. The summed E-state index contributed by atoms with van der Waals surface area (Å²) >= 11 is 7.80. The van der Waals surface area contributed by atoms with Crippen molar-refractivity contribution in [3.05, 3.63) is 6.42 Å². The van der Waals surface area contributed by atoms with Gasteiger partial charge < -0.3 is 0 Å². The highest BCUT2D eigenvalue weighted by Gasteiger charge is 1.95. The predicted octanol–water partition coefficient (Wildman–Crippen LogP) is 2.12. The second kappa shape index (κ2) is 3.88. The van der Waals surface area contributed by atoms with Gasteiger partial charge in [-0.25, -0.2) is 4.39 Å². The van der Waals surface area contributed by atoms with Crippen LogP contribution in [-0.4, -0.2) is 11.0 Å². The normalized spacial score (nSPS) is 14.5. The van der Waals surface area contributed by atoms with Crippen LogP contribution in [-0.2, 0) is 0 Å². The van der Waals surface area contributed by atoms with Gasteiger partial charge in [0.2, 0.25) is 0 Å². The van der Waals surface area contributed by atoms with Gasteiger partial charge in [-0.1, -0.05) is 27.5 Å². The highest BCUT2D eigenvalue weighted by molar-refractivity contribution is 9.09. The monoisotopic (exact) mass is 173 g/mol. The Kier molecular flexibility index (Phi) is 4.33. The van der Waals surface area contributed by atoms with Crippen molar-refractivity contribution in [1.29, 1.82) is 0 Å². The summed E-state index contributed by atoms with van der Waals surface area (Å²) in [7, 11) is 0. The summed E-state index contributed by atoms with van der Waals surface area (Å²) in [5.41, 5.74) is -1.30. The van der Waals surface area contributed by atoms with E-state index >= 15 is 0 Å². The molecule has 0 saturated heterocycles. The smallest absolute Gasteiger partial charge is 0.177 e. The molecule has 0 rings (SSSR count). The van der Waals surface area contributed by atoms with Crippen LogP contribution < -0.4 is 0 Å². The molecule has 0 heterocycles. The van der Waals surface area contributed by atoms with Gasteiger partial charge in [-0.15, -0.1) is 0 Å². The average molecular weight is 174 g/mol. The zero-order valence-corrected chi connectivity index (χ0v) is 5.34. The van der Waals surface area contributed by atoms with Crippen molar-refractivity contribution >= 4 is 27.5 Å². The molecule has 1 radical (unpaired) electrons. The maximum atomic E-state index is 11.4. The van der Waals surface area contributed by atoms with E-state index in [9.17, 15) is 4.39 Å². The molecule has 6 heavy (non-hydrogen) atoms. The quantitative estimate of drug-likeness (QED) is 0.563. The molecule has 3 heteroatoms. The van der Waals surface area contributed by atoms with Gasteiger partial charge in [0.25, 0.3) is 0 Å². The largest absolute Gasteiger partial charge is 0.230 e. The van der Waals surface area contributed by atoms with E-state index in [1.165, 1.54) is 6.42 Å². The van der Waals surface area contributed by atoms with Gasteiger partial charge in [-0.05, 0) is 0 Å². The van der Waals surface area contributed by atoms with Crippen molar-refractivity contribution in [3.63, 3.8) is 0 Å². The van der Waals surface area contributed by atoms with Gasteiger partial charge in [-0.3, -0.25) is 0 Å². The zero-order chi connectivity index (χ0) is 4.99. The summed E-state index contributed by atoms with van der Waals surface area (Å²) < 4.78 is 11.4. The molecular weight excluding hydrogens is 170 g/mol. The lowest BCUT2D eigenvalue weighted by Crippen LogP contribution is -1.87. The third kappa shape index (κ3) is 4.70. The summed E-state index contributed by atoms with van der Waals surface area (Å²) in [6.07, 6.45) is 1.31. The van der Waals surface area contributed by atoms with Crippen LogP contribution >= 0.6 is 27.5 Å². The first-order valence-corrected chi connectivity index (χ1v) is 3.00. The van der Waals surface area contributed by atoms with Crippen LogP contribution in [0.2, 0.25) is 0 Å². The molecule has 0 bridgehead atoms. The molecule has 0 aliphatic heterocycles. The van der Waals surface area contributed by atoms with E-state index in [4.69, 9.17) is 11.6 Å². The molecule has 0 aliphatic rings. The lowest BCUT2D eigenvalue weighted by molar-refractivity contribution is 0.490. The van der Waals surface area contributed by atoms with E-state index in [0.29, 0.717) is 5.33 Å². The van der Waals surface area contributed by atoms with Crippen LogP contribution in [0, 0.1) is 6.42 Å². The fourth-order valence-corrected chi connectivity index (χ4v) is 0.700. The second-order valence-corrected chi connectivity index (χ2v) is 1.79. The molecule has 0 aromatic heterocycles. The van der Waals surface area contributed by atoms with Gasteiger partial charge in [0.15, 0.2) is 5.63 Å². The van der Waals surface area contributed by atoms with E-state index in [-0.39, 0.29) is 0 Å². The Morgan fingerprint density at radius 1 is 2.00 bits per heavy atom. The second-order valence-electron chi connectivity index (χ2n) is 0.724. The number of alkyl halides is 3. The van der Waals surface area contributed by atoms with E-state index in [1.54, 1.807) is 0 Å². The van der Waals surface area contributed by atoms with Crippen LogP contribution in [0.3, 0.4) is 0 Å². The van der Waals surface area contributed by atoms with Crippen molar-refractivity contribution in [2.75, 3.05) is 5.33 Å². The minimum Gasteiger partial charge on any atom is -0.230 e. The SMILES string of the molecule is FC(Cl)[CH]CBr. The lowest BCUT2D eigenvalue weighted by atomic mass is 10.6. The van der Waals surface area contributed by atoms with Crippen molar-refractivity contribution in [2.24, 2.45) is 0 Å². The highest BCUT2D eigenvalue weighted by atomic mass is 79.9. The Hall–Kier alpha value is 0.700. The Bertz CT molecular complexity index is 32.0. The van der Waals surface area contributed by atoms with Crippen LogP contribution in [0.25, 0.3) is 0 Å². The Morgan fingerprint density at radius 2 is 2.50 bits per heavy atom. The van der Waals surface area contributed by atoms with E-state index in [0.717, 1.165) is 0 Å². The fourth-order valence-electron chi connectivity index (χ4n) is 0.0673. The van der Waals surface area contributed by atoms with E-state index < -0.39 is 5.63 Å². The maximum Gasteiger partial charge on any atom is 0.177 e. The molecule has 0 saturated carbocycles. The van der Waals surface area contributed by atoms with Crippen molar-refractivity contribution in [3.8, 4) is 0 Å². The molecular formula is C3H4BrClF.